The van der Waals surface area contributed by atoms with Gasteiger partial charge in [-0.15, -0.1) is 0 Å². The van der Waals surface area contributed by atoms with Gasteiger partial charge >= 0.3 is 0 Å². The Morgan fingerprint density at radius 2 is 1.72 bits per heavy atom. The van der Waals surface area contributed by atoms with Gasteiger partial charge in [0.25, 0.3) is 0 Å². The highest BCUT2D eigenvalue weighted by molar-refractivity contribution is 5.92. The van der Waals surface area contributed by atoms with Crippen molar-refractivity contribution in [3.63, 3.8) is 0 Å². The van der Waals surface area contributed by atoms with E-state index in [1.54, 1.807) is 6.33 Å². The first-order chi connectivity index (χ1) is 14.1. The van der Waals surface area contributed by atoms with E-state index in [2.05, 4.69) is 51.4 Å². The molecular formula is C24H26N4O. The number of nitrogens with zero attached hydrogens (tertiary/aromatic N) is 3. The zero-order chi connectivity index (χ0) is 20.2. The minimum absolute atomic E-state index is 0.0326. The van der Waals surface area contributed by atoms with Crippen LogP contribution in [-0.4, -0.2) is 29.0 Å². The van der Waals surface area contributed by atoms with Crippen LogP contribution in [0.25, 0.3) is 11.3 Å². The number of aromatic nitrogens is 2. The summed E-state index contributed by atoms with van der Waals surface area (Å²) in [6.45, 7) is 5.74. The van der Waals surface area contributed by atoms with Crippen LogP contribution in [0.5, 0.6) is 0 Å². The third kappa shape index (κ3) is 4.62. The fourth-order valence-electron chi connectivity index (χ4n) is 3.74. The molecule has 0 atom stereocenters. The van der Waals surface area contributed by atoms with Crippen LogP contribution in [0.1, 0.15) is 24.0 Å². The van der Waals surface area contributed by atoms with Crippen LogP contribution in [-0.2, 0) is 4.79 Å². The number of carbonyl (C=O) groups is 1. The highest BCUT2D eigenvalue weighted by Crippen LogP contribution is 2.26. The van der Waals surface area contributed by atoms with Crippen LogP contribution in [0.15, 0.2) is 60.9 Å². The SMILES string of the molecule is Cc1ccc(-c2cc(N3CCC(C(=O)Nc4cccc(C)c4)CC3)ncn2)cc1. The Labute approximate surface area is 171 Å². The smallest absolute Gasteiger partial charge is 0.227 e. The number of benzene rings is 2. The lowest BCUT2D eigenvalue weighted by Gasteiger charge is -2.32. The van der Waals surface area contributed by atoms with Gasteiger partial charge in [0.1, 0.15) is 12.1 Å². The van der Waals surface area contributed by atoms with Gasteiger partial charge in [-0.2, -0.15) is 0 Å². The van der Waals surface area contributed by atoms with E-state index in [4.69, 9.17) is 0 Å². The summed E-state index contributed by atoms with van der Waals surface area (Å²) < 4.78 is 0. The van der Waals surface area contributed by atoms with Gasteiger partial charge in [-0.25, -0.2) is 9.97 Å². The zero-order valence-corrected chi connectivity index (χ0v) is 16.9. The van der Waals surface area contributed by atoms with E-state index in [-0.39, 0.29) is 11.8 Å². The first-order valence-corrected chi connectivity index (χ1v) is 10.1. The molecule has 1 fully saturated rings. The van der Waals surface area contributed by atoms with Crippen LogP contribution < -0.4 is 10.2 Å². The molecule has 1 aliphatic rings. The Hall–Kier alpha value is -3.21. The Morgan fingerprint density at radius 3 is 2.45 bits per heavy atom. The number of amides is 1. The average molecular weight is 386 g/mol. The van der Waals surface area contributed by atoms with Gasteiger partial charge in [0.05, 0.1) is 5.69 Å². The molecule has 148 valence electrons. The minimum Gasteiger partial charge on any atom is -0.356 e. The minimum atomic E-state index is 0.0326. The second-order valence-electron chi connectivity index (χ2n) is 7.75. The van der Waals surface area contributed by atoms with Crippen molar-refractivity contribution < 1.29 is 4.79 Å². The fourth-order valence-corrected chi connectivity index (χ4v) is 3.74. The van der Waals surface area contributed by atoms with Crippen molar-refractivity contribution in [3.8, 4) is 11.3 Å². The van der Waals surface area contributed by atoms with E-state index in [9.17, 15) is 4.79 Å². The molecule has 5 heteroatoms. The van der Waals surface area contributed by atoms with Crippen molar-refractivity contribution in [2.24, 2.45) is 5.92 Å². The summed E-state index contributed by atoms with van der Waals surface area (Å²) in [5.74, 6) is 1.07. The van der Waals surface area contributed by atoms with Crippen LogP contribution in [0, 0.1) is 19.8 Å². The lowest BCUT2D eigenvalue weighted by molar-refractivity contribution is -0.120. The van der Waals surface area contributed by atoms with E-state index in [1.807, 2.05) is 37.3 Å². The molecule has 0 spiro atoms. The number of nitrogens with one attached hydrogen (secondary N) is 1. The molecule has 0 bridgehead atoms. The highest BCUT2D eigenvalue weighted by atomic mass is 16.1. The molecule has 2 aromatic carbocycles. The van der Waals surface area contributed by atoms with Crippen molar-refractivity contribution in [3.05, 3.63) is 72.1 Å². The second-order valence-corrected chi connectivity index (χ2v) is 7.75. The van der Waals surface area contributed by atoms with Gasteiger partial charge in [-0.1, -0.05) is 42.0 Å². The Bertz CT molecular complexity index is 992. The molecule has 4 rings (SSSR count). The first-order valence-electron chi connectivity index (χ1n) is 10.1. The number of carbonyl (C=O) groups excluding carboxylic acids is 1. The lowest BCUT2D eigenvalue weighted by atomic mass is 9.95. The first kappa shape index (κ1) is 19.1. The van der Waals surface area contributed by atoms with Gasteiger partial charge < -0.3 is 10.2 Å². The molecule has 3 aromatic rings. The molecule has 0 radical (unpaired) electrons. The van der Waals surface area contributed by atoms with Crippen LogP contribution in [0.3, 0.4) is 0 Å². The molecule has 2 heterocycles. The van der Waals surface area contributed by atoms with Gasteiger partial charge in [0.15, 0.2) is 0 Å². The highest BCUT2D eigenvalue weighted by Gasteiger charge is 2.26. The predicted octanol–water partition coefficient (Wildman–Crippen LogP) is 4.62. The van der Waals surface area contributed by atoms with Crippen molar-refractivity contribution in [2.45, 2.75) is 26.7 Å². The maximum absolute atomic E-state index is 12.6. The summed E-state index contributed by atoms with van der Waals surface area (Å²) in [5.41, 5.74) is 5.26. The summed E-state index contributed by atoms with van der Waals surface area (Å²) in [6, 6.07) is 18.3. The number of piperidine rings is 1. The summed E-state index contributed by atoms with van der Waals surface area (Å²) in [7, 11) is 0. The number of hydrogen-bond acceptors (Lipinski definition) is 4. The van der Waals surface area contributed by atoms with Crippen LogP contribution in [0.4, 0.5) is 11.5 Å². The summed E-state index contributed by atoms with van der Waals surface area (Å²) in [6.07, 6.45) is 3.27. The molecule has 0 saturated carbocycles. The number of aryl methyl sites for hydroxylation is 2. The van der Waals surface area contributed by atoms with E-state index in [1.165, 1.54) is 5.56 Å². The average Bonchev–Trinajstić information content (AvgIpc) is 2.74. The third-order valence-electron chi connectivity index (χ3n) is 5.48. The monoisotopic (exact) mass is 386 g/mol. The van der Waals surface area contributed by atoms with Crippen LogP contribution >= 0.6 is 0 Å². The molecule has 0 aliphatic carbocycles. The van der Waals surface area contributed by atoms with Gasteiger partial charge in [-0.3, -0.25) is 4.79 Å². The number of rotatable bonds is 4. The van der Waals surface area contributed by atoms with Gasteiger partial charge in [0, 0.05) is 36.3 Å². The molecule has 1 aliphatic heterocycles. The number of anilines is 2. The van der Waals surface area contributed by atoms with E-state index >= 15 is 0 Å². The Morgan fingerprint density at radius 1 is 0.966 bits per heavy atom. The third-order valence-corrected chi connectivity index (χ3v) is 5.48. The van der Waals surface area contributed by atoms with E-state index in [0.717, 1.165) is 54.3 Å². The maximum Gasteiger partial charge on any atom is 0.227 e. The van der Waals surface area contributed by atoms with E-state index in [0.29, 0.717) is 0 Å². The molecular weight excluding hydrogens is 360 g/mol. The quantitative estimate of drug-likeness (QED) is 0.711. The fraction of sp³-hybridized carbons (Fsp3) is 0.292. The normalized spacial score (nSPS) is 14.6. The topological polar surface area (TPSA) is 58.1 Å². The molecule has 0 unspecified atom stereocenters. The maximum atomic E-state index is 12.6. The Balaban J connectivity index is 1.39. The van der Waals surface area contributed by atoms with Crippen LogP contribution in [0.2, 0.25) is 0 Å². The molecule has 1 aromatic heterocycles. The number of hydrogen-bond donors (Lipinski definition) is 1. The molecule has 1 amide bonds. The molecule has 5 nitrogen and oxygen atoms in total. The predicted molar refractivity (Wildman–Crippen MR) is 117 cm³/mol. The molecule has 29 heavy (non-hydrogen) atoms. The van der Waals surface area contributed by atoms with Crippen molar-refractivity contribution in [2.75, 3.05) is 23.3 Å². The van der Waals surface area contributed by atoms with Crippen molar-refractivity contribution >= 4 is 17.4 Å². The largest absolute Gasteiger partial charge is 0.356 e. The molecule has 1 saturated heterocycles. The lowest BCUT2D eigenvalue weighted by Crippen LogP contribution is -2.38. The van der Waals surface area contributed by atoms with Crippen molar-refractivity contribution in [1.82, 2.24) is 9.97 Å². The Kier molecular flexibility index (Phi) is 5.56. The standard InChI is InChI=1S/C24H26N4O/c1-17-6-8-19(9-7-17)22-15-23(26-16-25-22)28-12-10-20(11-13-28)24(29)27-21-5-3-4-18(2)14-21/h3-9,14-16,20H,10-13H2,1-2H3,(H,27,29). The summed E-state index contributed by atoms with van der Waals surface area (Å²) in [4.78, 5) is 23.8. The summed E-state index contributed by atoms with van der Waals surface area (Å²) in [5, 5.41) is 3.06. The second kappa shape index (κ2) is 8.43. The van der Waals surface area contributed by atoms with Crippen molar-refractivity contribution in [1.29, 1.82) is 0 Å². The zero-order valence-electron chi connectivity index (χ0n) is 16.9. The van der Waals surface area contributed by atoms with E-state index < -0.39 is 0 Å². The van der Waals surface area contributed by atoms with Gasteiger partial charge in [0.2, 0.25) is 5.91 Å². The summed E-state index contributed by atoms with van der Waals surface area (Å²) >= 11 is 0. The molecule has 1 N–H and O–H groups in total. The van der Waals surface area contributed by atoms with Gasteiger partial charge in [-0.05, 0) is 44.4 Å².